The SMILES string of the molecule is Cl.NCCC(=O)NCC1CCCCN1C(=O)c1cccc(C(F)(F)F)c1. The van der Waals surface area contributed by atoms with Crippen LogP contribution < -0.4 is 11.1 Å². The van der Waals surface area contributed by atoms with Gasteiger partial charge in [0.15, 0.2) is 0 Å². The van der Waals surface area contributed by atoms with Crippen molar-refractivity contribution < 1.29 is 22.8 Å². The summed E-state index contributed by atoms with van der Waals surface area (Å²) in [5.74, 6) is -0.636. The molecule has 1 aliphatic heterocycles. The second-order valence-electron chi connectivity index (χ2n) is 6.07. The number of amides is 2. The average molecular weight is 394 g/mol. The molecule has 1 fully saturated rings. The van der Waals surface area contributed by atoms with E-state index < -0.39 is 17.6 Å². The van der Waals surface area contributed by atoms with Crippen LogP contribution in [0.5, 0.6) is 0 Å². The first-order valence-electron chi connectivity index (χ1n) is 8.28. The minimum absolute atomic E-state index is 0. The Kier molecular flexibility index (Phi) is 8.36. The quantitative estimate of drug-likeness (QED) is 0.807. The molecule has 0 aliphatic carbocycles. The van der Waals surface area contributed by atoms with Gasteiger partial charge in [-0.15, -0.1) is 12.4 Å². The standard InChI is InChI=1S/C17H22F3N3O2.ClH/c18-17(19,20)13-5-3-4-12(10-13)16(25)23-9-2-1-6-14(23)11-22-15(24)7-8-21;/h3-5,10,14H,1-2,6-9,11,21H2,(H,22,24);1H. The largest absolute Gasteiger partial charge is 0.416 e. The molecule has 0 radical (unpaired) electrons. The first kappa shape index (κ1) is 22.2. The maximum absolute atomic E-state index is 12.8. The molecule has 1 atom stereocenters. The number of piperidine rings is 1. The molecule has 0 saturated carbocycles. The maximum Gasteiger partial charge on any atom is 0.416 e. The van der Waals surface area contributed by atoms with Gasteiger partial charge in [0, 0.05) is 37.7 Å². The monoisotopic (exact) mass is 393 g/mol. The summed E-state index contributed by atoms with van der Waals surface area (Å²) in [7, 11) is 0. The number of carbonyl (C=O) groups excluding carboxylic acids is 2. The van der Waals surface area contributed by atoms with E-state index in [1.54, 1.807) is 4.90 Å². The van der Waals surface area contributed by atoms with Crippen LogP contribution in [0.2, 0.25) is 0 Å². The smallest absolute Gasteiger partial charge is 0.354 e. The van der Waals surface area contributed by atoms with E-state index >= 15 is 0 Å². The number of hydrogen-bond donors (Lipinski definition) is 2. The zero-order valence-electron chi connectivity index (χ0n) is 14.2. The van der Waals surface area contributed by atoms with Gasteiger partial charge >= 0.3 is 6.18 Å². The van der Waals surface area contributed by atoms with E-state index in [-0.39, 0.29) is 49.4 Å². The highest BCUT2D eigenvalue weighted by Gasteiger charge is 2.32. The van der Waals surface area contributed by atoms with Gasteiger partial charge in [-0.1, -0.05) is 6.07 Å². The van der Waals surface area contributed by atoms with Gasteiger partial charge < -0.3 is 16.0 Å². The van der Waals surface area contributed by atoms with E-state index in [9.17, 15) is 22.8 Å². The van der Waals surface area contributed by atoms with Crippen LogP contribution in [0.15, 0.2) is 24.3 Å². The highest BCUT2D eigenvalue weighted by Crippen LogP contribution is 2.30. The minimum atomic E-state index is -4.49. The highest BCUT2D eigenvalue weighted by molar-refractivity contribution is 5.94. The molecule has 5 nitrogen and oxygen atoms in total. The molecule has 2 amide bonds. The van der Waals surface area contributed by atoms with Crippen LogP contribution in [0.4, 0.5) is 13.2 Å². The Labute approximate surface area is 156 Å². The van der Waals surface area contributed by atoms with Gasteiger partial charge in [0.05, 0.1) is 5.56 Å². The highest BCUT2D eigenvalue weighted by atomic mass is 35.5. The van der Waals surface area contributed by atoms with Crippen molar-refractivity contribution in [3.8, 4) is 0 Å². The van der Waals surface area contributed by atoms with Crippen molar-refractivity contribution in [2.24, 2.45) is 5.73 Å². The van der Waals surface area contributed by atoms with Gasteiger partial charge in [-0.05, 0) is 37.5 Å². The number of carbonyl (C=O) groups is 2. The second-order valence-corrected chi connectivity index (χ2v) is 6.07. The van der Waals surface area contributed by atoms with Crippen LogP contribution >= 0.6 is 12.4 Å². The maximum atomic E-state index is 12.8. The predicted octanol–water partition coefficient (Wildman–Crippen LogP) is 2.59. The zero-order valence-corrected chi connectivity index (χ0v) is 15.0. The van der Waals surface area contributed by atoms with Gasteiger partial charge in [-0.25, -0.2) is 0 Å². The molecule has 146 valence electrons. The summed E-state index contributed by atoms with van der Waals surface area (Å²) in [6.07, 6.45) is -1.89. The number of nitrogens with zero attached hydrogens (tertiary/aromatic N) is 1. The molecule has 0 spiro atoms. The molecular weight excluding hydrogens is 371 g/mol. The molecule has 1 unspecified atom stereocenters. The van der Waals surface area contributed by atoms with E-state index in [1.165, 1.54) is 12.1 Å². The molecular formula is C17H23ClF3N3O2. The van der Waals surface area contributed by atoms with Gasteiger partial charge in [-0.3, -0.25) is 9.59 Å². The number of alkyl halides is 3. The first-order valence-corrected chi connectivity index (χ1v) is 8.28. The number of nitrogens with two attached hydrogens (primary N) is 1. The molecule has 1 saturated heterocycles. The fraction of sp³-hybridized carbons (Fsp3) is 0.529. The van der Waals surface area contributed by atoms with Crippen LogP contribution in [0.1, 0.15) is 41.6 Å². The summed E-state index contributed by atoms with van der Waals surface area (Å²) in [5, 5.41) is 2.73. The van der Waals surface area contributed by atoms with Gasteiger partial charge in [-0.2, -0.15) is 13.2 Å². The molecule has 0 aromatic heterocycles. The number of hydrogen-bond acceptors (Lipinski definition) is 3. The number of benzene rings is 1. The normalized spacial score (nSPS) is 17.4. The Morgan fingerprint density at radius 2 is 2.00 bits per heavy atom. The zero-order chi connectivity index (χ0) is 18.4. The minimum Gasteiger partial charge on any atom is -0.354 e. The third-order valence-electron chi connectivity index (χ3n) is 4.23. The predicted molar refractivity (Wildman–Crippen MR) is 94.0 cm³/mol. The van der Waals surface area contributed by atoms with Crippen LogP contribution in [0, 0.1) is 0 Å². The van der Waals surface area contributed by atoms with Crippen molar-refractivity contribution in [1.29, 1.82) is 0 Å². The van der Waals surface area contributed by atoms with E-state index in [4.69, 9.17) is 5.73 Å². The molecule has 1 aromatic carbocycles. The lowest BCUT2D eigenvalue weighted by atomic mass is 10.00. The Balaban J connectivity index is 0.00000338. The van der Waals surface area contributed by atoms with Gasteiger partial charge in [0.1, 0.15) is 0 Å². The van der Waals surface area contributed by atoms with Crippen LogP contribution in [0.3, 0.4) is 0 Å². The van der Waals surface area contributed by atoms with Gasteiger partial charge in [0.25, 0.3) is 5.91 Å². The lowest BCUT2D eigenvalue weighted by Crippen LogP contribution is -2.49. The molecule has 1 aromatic rings. The van der Waals surface area contributed by atoms with Gasteiger partial charge in [0.2, 0.25) is 5.91 Å². The molecule has 0 bridgehead atoms. The van der Waals surface area contributed by atoms with Crippen LogP contribution in [-0.4, -0.2) is 42.4 Å². The van der Waals surface area contributed by atoms with Crippen molar-refractivity contribution in [3.63, 3.8) is 0 Å². The van der Waals surface area contributed by atoms with Crippen molar-refractivity contribution in [2.75, 3.05) is 19.6 Å². The molecule has 2 rings (SSSR count). The number of nitrogens with one attached hydrogen (secondary N) is 1. The summed E-state index contributed by atoms with van der Waals surface area (Å²) in [6.45, 7) is 0.986. The average Bonchev–Trinajstić information content (AvgIpc) is 2.59. The van der Waals surface area contributed by atoms with E-state index in [1.807, 2.05) is 0 Å². The fourth-order valence-electron chi connectivity index (χ4n) is 2.93. The second kappa shape index (κ2) is 9.78. The van der Waals surface area contributed by atoms with E-state index in [0.29, 0.717) is 13.0 Å². The Bertz CT molecular complexity index is 626. The Hall–Kier alpha value is -1.80. The molecule has 1 aliphatic rings. The number of rotatable bonds is 5. The summed E-state index contributed by atoms with van der Waals surface area (Å²) in [4.78, 5) is 25.8. The van der Waals surface area contributed by atoms with Crippen molar-refractivity contribution in [3.05, 3.63) is 35.4 Å². The topological polar surface area (TPSA) is 75.4 Å². The molecule has 1 heterocycles. The van der Waals surface area contributed by atoms with E-state index in [2.05, 4.69) is 5.32 Å². The van der Waals surface area contributed by atoms with E-state index in [0.717, 1.165) is 25.0 Å². The molecule has 3 N–H and O–H groups in total. The summed E-state index contributed by atoms with van der Waals surface area (Å²) in [5.41, 5.74) is 4.49. The van der Waals surface area contributed by atoms with Crippen molar-refractivity contribution >= 4 is 24.2 Å². The molecule has 9 heteroatoms. The first-order chi connectivity index (χ1) is 11.8. The summed E-state index contributed by atoms with van der Waals surface area (Å²) < 4.78 is 38.5. The summed E-state index contributed by atoms with van der Waals surface area (Å²) >= 11 is 0. The lowest BCUT2D eigenvalue weighted by Gasteiger charge is -2.36. The fourth-order valence-corrected chi connectivity index (χ4v) is 2.93. The summed E-state index contributed by atoms with van der Waals surface area (Å²) in [6, 6.07) is 4.21. The Morgan fingerprint density at radius 3 is 2.65 bits per heavy atom. The number of halogens is 4. The van der Waals surface area contributed by atoms with Crippen LogP contribution in [-0.2, 0) is 11.0 Å². The third-order valence-corrected chi connectivity index (χ3v) is 4.23. The molecule has 26 heavy (non-hydrogen) atoms. The number of likely N-dealkylation sites (tertiary alicyclic amines) is 1. The lowest BCUT2D eigenvalue weighted by molar-refractivity contribution is -0.137. The Morgan fingerprint density at radius 1 is 1.27 bits per heavy atom. The van der Waals surface area contributed by atoms with Crippen molar-refractivity contribution in [2.45, 2.75) is 37.9 Å². The third kappa shape index (κ3) is 5.88. The van der Waals surface area contributed by atoms with Crippen molar-refractivity contribution in [1.82, 2.24) is 10.2 Å². The van der Waals surface area contributed by atoms with Crippen LogP contribution in [0.25, 0.3) is 0 Å².